The van der Waals surface area contributed by atoms with Crippen molar-refractivity contribution < 1.29 is 0 Å². The number of benzene rings is 8. The first-order valence-corrected chi connectivity index (χ1v) is 19.8. The van der Waals surface area contributed by atoms with E-state index in [2.05, 4.69) is 231 Å². The third kappa shape index (κ3) is 5.86. The number of hydrogen-bond acceptors (Lipinski definition) is 0. The Morgan fingerprint density at radius 1 is 0.189 bits per heavy atom. The zero-order valence-electron chi connectivity index (χ0n) is 29.3. The Bertz CT molecular complexity index is 2340. The molecule has 1 aliphatic rings. The van der Waals surface area contributed by atoms with Crippen molar-refractivity contribution in [2.75, 3.05) is 0 Å². The van der Waals surface area contributed by atoms with Crippen LogP contribution in [0.15, 0.2) is 240 Å². The van der Waals surface area contributed by atoms with Crippen molar-refractivity contribution in [3.63, 3.8) is 0 Å². The van der Waals surface area contributed by atoms with Crippen molar-refractivity contribution in [1.82, 2.24) is 0 Å². The summed E-state index contributed by atoms with van der Waals surface area (Å²) in [5.41, 5.74) is 12.3. The van der Waals surface area contributed by atoms with Crippen molar-refractivity contribution in [2.24, 2.45) is 0 Å². The molecule has 0 saturated heterocycles. The summed E-state index contributed by atoms with van der Waals surface area (Å²) in [4.78, 5) is 5.35. The average molecular weight is 695 g/mol. The Morgan fingerprint density at radius 2 is 0.415 bits per heavy atom. The number of hydrogen-bond donors (Lipinski definition) is 0. The molecule has 0 N–H and O–H groups in total. The molecule has 0 aromatic heterocycles. The SMILES string of the molecule is c1ccc(C2=C(c3ccc(-c4ccccc4)cc3)S(c3ccccc3)(c3ccccc3)C(c3ccc(-c4ccccc4)cc3)=C2c2ccccc2)cc1. The van der Waals surface area contributed by atoms with Crippen LogP contribution in [0.25, 0.3) is 43.2 Å². The highest BCUT2D eigenvalue weighted by atomic mass is 32.3. The summed E-state index contributed by atoms with van der Waals surface area (Å²) >= 11 is 0. The minimum atomic E-state index is -2.10. The van der Waals surface area contributed by atoms with Crippen molar-refractivity contribution in [3.05, 3.63) is 253 Å². The molecule has 0 atom stereocenters. The first kappa shape index (κ1) is 32.5. The van der Waals surface area contributed by atoms with Gasteiger partial charge in [0.05, 0.1) is 0 Å². The topological polar surface area (TPSA) is 0 Å². The van der Waals surface area contributed by atoms with Crippen LogP contribution in [0.2, 0.25) is 0 Å². The Morgan fingerprint density at radius 3 is 0.717 bits per heavy atom. The molecule has 9 rings (SSSR count). The summed E-state index contributed by atoms with van der Waals surface area (Å²) in [6.45, 7) is 0. The maximum absolute atomic E-state index is 2.36. The standard InChI is InChI=1S/C52H38S/c1-7-19-39(20-8-1)41-31-35-45(36-32-41)51-49(43-23-11-3-12-24-43)50(44-25-13-4-14-26-44)52(46-37-33-42(34-38-46)40-21-9-2-10-22-40)53(51,47-27-15-5-16-28-47)48-29-17-6-18-30-48/h1-38H. The van der Waals surface area contributed by atoms with Gasteiger partial charge in [0, 0.05) is 30.7 Å². The van der Waals surface area contributed by atoms with Gasteiger partial charge in [-0.3, -0.25) is 0 Å². The van der Waals surface area contributed by atoms with Gasteiger partial charge in [-0.05, 0) is 68.8 Å². The van der Waals surface area contributed by atoms with Gasteiger partial charge in [0.25, 0.3) is 0 Å². The van der Waals surface area contributed by atoms with Crippen LogP contribution < -0.4 is 0 Å². The fourth-order valence-electron chi connectivity index (χ4n) is 7.78. The van der Waals surface area contributed by atoms with Gasteiger partial charge in [0.1, 0.15) is 0 Å². The lowest BCUT2D eigenvalue weighted by Gasteiger charge is -2.43. The van der Waals surface area contributed by atoms with Crippen molar-refractivity contribution in [3.8, 4) is 22.3 Å². The molecule has 8 aromatic carbocycles. The van der Waals surface area contributed by atoms with Gasteiger partial charge in [0.15, 0.2) is 0 Å². The molecule has 0 spiro atoms. The van der Waals surface area contributed by atoms with Crippen LogP contribution >= 0.6 is 10.0 Å². The lowest BCUT2D eigenvalue weighted by atomic mass is 9.89. The van der Waals surface area contributed by atoms with Crippen LogP contribution in [-0.2, 0) is 0 Å². The summed E-state index contributed by atoms with van der Waals surface area (Å²) < 4.78 is 0. The maximum atomic E-state index is 2.36. The fraction of sp³-hybridized carbons (Fsp3) is 0. The molecule has 8 aromatic rings. The van der Waals surface area contributed by atoms with Crippen molar-refractivity contribution >= 4 is 31.0 Å². The van der Waals surface area contributed by atoms with Crippen LogP contribution in [0.5, 0.6) is 0 Å². The molecule has 0 saturated carbocycles. The van der Waals surface area contributed by atoms with Gasteiger partial charge in [-0.1, -0.05) is 206 Å². The van der Waals surface area contributed by atoms with Crippen LogP contribution in [0, 0.1) is 0 Å². The predicted molar refractivity (Wildman–Crippen MR) is 227 cm³/mol. The minimum Gasteiger partial charge on any atom is -0.130 e. The molecule has 0 radical (unpaired) electrons. The van der Waals surface area contributed by atoms with E-state index in [0.717, 1.165) is 0 Å². The molecule has 1 aliphatic heterocycles. The van der Waals surface area contributed by atoms with Gasteiger partial charge in [-0.2, -0.15) is 0 Å². The fourth-order valence-corrected chi connectivity index (χ4v) is 12.4. The minimum absolute atomic E-state index is 1.21. The molecule has 0 nitrogen and oxygen atoms in total. The Hall–Kier alpha value is -6.41. The largest absolute Gasteiger partial charge is 0.130 e. The zero-order chi connectivity index (χ0) is 35.5. The molecule has 0 amide bonds. The second kappa shape index (κ2) is 14.3. The van der Waals surface area contributed by atoms with E-state index in [1.165, 1.54) is 75.3 Å². The van der Waals surface area contributed by atoms with Gasteiger partial charge in [-0.25, -0.2) is 0 Å². The molecule has 252 valence electrons. The van der Waals surface area contributed by atoms with Crippen LogP contribution in [0.3, 0.4) is 0 Å². The molecule has 0 aliphatic carbocycles. The highest BCUT2D eigenvalue weighted by Gasteiger charge is 2.47. The molecule has 0 bridgehead atoms. The van der Waals surface area contributed by atoms with E-state index in [4.69, 9.17) is 0 Å². The van der Waals surface area contributed by atoms with Crippen molar-refractivity contribution in [2.45, 2.75) is 9.79 Å². The predicted octanol–water partition coefficient (Wildman–Crippen LogP) is 14.4. The third-order valence-corrected chi connectivity index (χ3v) is 14.2. The van der Waals surface area contributed by atoms with Crippen LogP contribution in [-0.4, -0.2) is 0 Å². The second-order valence-electron chi connectivity index (χ2n) is 13.3. The summed E-state index contributed by atoms with van der Waals surface area (Å²) in [6, 6.07) is 84.7. The lowest BCUT2D eigenvalue weighted by molar-refractivity contribution is 1.38. The maximum Gasteiger partial charge on any atom is 0.0181 e. The van der Waals surface area contributed by atoms with E-state index in [1.807, 2.05) is 0 Å². The van der Waals surface area contributed by atoms with E-state index < -0.39 is 10.0 Å². The normalized spacial score (nSPS) is 14.3. The molecule has 0 unspecified atom stereocenters. The van der Waals surface area contributed by atoms with E-state index in [9.17, 15) is 0 Å². The van der Waals surface area contributed by atoms with Crippen LogP contribution in [0.4, 0.5) is 0 Å². The summed E-state index contributed by atoms with van der Waals surface area (Å²) in [7, 11) is -2.10. The lowest BCUT2D eigenvalue weighted by Crippen LogP contribution is -2.06. The first-order chi connectivity index (χ1) is 26.3. The van der Waals surface area contributed by atoms with Gasteiger partial charge in [0.2, 0.25) is 0 Å². The monoisotopic (exact) mass is 694 g/mol. The van der Waals surface area contributed by atoms with E-state index in [-0.39, 0.29) is 0 Å². The Labute approximate surface area is 314 Å². The quantitative estimate of drug-likeness (QED) is 0.149. The molecular weight excluding hydrogens is 657 g/mol. The molecular formula is C52H38S. The number of rotatable bonds is 8. The molecule has 0 fully saturated rings. The van der Waals surface area contributed by atoms with E-state index >= 15 is 0 Å². The molecule has 1 heterocycles. The summed E-state index contributed by atoms with van der Waals surface area (Å²) in [6.07, 6.45) is 0. The van der Waals surface area contributed by atoms with Gasteiger partial charge >= 0.3 is 0 Å². The average Bonchev–Trinajstić information content (AvgIpc) is 3.58. The highest BCUT2D eigenvalue weighted by molar-refractivity contribution is 8.48. The number of allylic oxidation sites excluding steroid dienone is 2. The zero-order valence-corrected chi connectivity index (χ0v) is 30.2. The summed E-state index contributed by atoms with van der Waals surface area (Å²) in [5, 5.41) is 0. The Balaban J connectivity index is 1.43. The van der Waals surface area contributed by atoms with E-state index in [1.54, 1.807) is 0 Å². The van der Waals surface area contributed by atoms with E-state index in [0.29, 0.717) is 0 Å². The molecule has 53 heavy (non-hydrogen) atoms. The van der Waals surface area contributed by atoms with Crippen molar-refractivity contribution in [1.29, 1.82) is 0 Å². The van der Waals surface area contributed by atoms with Gasteiger partial charge in [-0.15, -0.1) is 10.0 Å². The smallest absolute Gasteiger partial charge is 0.0181 e. The van der Waals surface area contributed by atoms with Crippen LogP contribution in [0.1, 0.15) is 22.3 Å². The first-order valence-electron chi connectivity index (χ1n) is 18.2. The highest BCUT2D eigenvalue weighted by Crippen LogP contribution is 2.84. The Kier molecular flexibility index (Phi) is 8.77. The third-order valence-electron chi connectivity index (χ3n) is 10.1. The second-order valence-corrected chi connectivity index (χ2v) is 16.2. The molecule has 1 heteroatoms. The summed E-state index contributed by atoms with van der Waals surface area (Å²) in [5.74, 6) is 0. The van der Waals surface area contributed by atoms with Gasteiger partial charge < -0.3 is 0 Å².